The van der Waals surface area contributed by atoms with E-state index >= 15 is 0 Å². The van der Waals surface area contributed by atoms with Crippen molar-refractivity contribution in [1.82, 2.24) is 20.3 Å². The van der Waals surface area contributed by atoms with E-state index in [1.165, 1.54) is 19.3 Å². The van der Waals surface area contributed by atoms with Crippen LogP contribution in [0.1, 0.15) is 59.8 Å². The Labute approximate surface area is 192 Å². The number of carbonyl (C=O) groups excluding carboxylic acids is 2. The fourth-order valence-electron chi connectivity index (χ4n) is 4.78. The lowest BCUT2D eigenvalue weighted by Crippen LogP contribution is -2.47. The molecule has 2 aromatic carbocycles. The molecule has 1 saturated carbocycles. The first kappa shape index (κ1) is 21.4. The summed E-state index contributed by atoms with van der Waals surface area (Å²) < 4.78 is 2.31. The van der Waals surface area contributed by atoms with E-state index in [1.807, 2.05) is 48.6 Å². The molecule has 1 fully saturated rings. The molecule has 2 aliphatic carbocycles. The average molecular weight is 445 g/mol. The zero-order valence-corrected chi connectivity index (χ0v) is 18.4. The van der Waals surface area contributed by atoms with Crippen LogP contribution in [0.25, 0.3) is 11.0 Å². The molecule has 0 saturated heterocycles. The zero-order valence-electron chi connectivity index (χ0n) is 18.4. The number of para-hydroxylation sites is 2. The highest BCUT2D eigenvalue weighted by Gasteiger charge is 2.30. The van der Waals surface area contributed by atoms with Crippen LogP contribution >= 0.6 is 0 Å². The summed E-state index contributed by atoms with van der Waals surface area (Å²) in [6.45, 7) is 0.709. The van der Waals surface area contributed by atoms with Gasteiger partial charge in [-0.1, -0.05) is 42.8 Å². The minimum absolute atomic E-state index is 0.221. The Kier molecular flexibility index (Phi) is 5.96. The number of rotatable bonds is 6. The van der Waals surface area contributed by atoms with E-state index in [4.69, 9.17) is 10.2 Å². The van der Waals surface area contributed by atoms with Crippen LogP contribution in [0.4, 0.5) is 0 Å². The number of allylic oxidation sites excluding steroid dienone is 1. The van der Waals surface area contributed by atoms with Gasteiger partial charge in [0.15, 0.2) is 0 Å². The maximum atomic E-state index is 12.8. The third-order valence-corrected chi connectivity index (χ3v) is 6.91. The van der Waals surface area contributed by atoms with Gasteiger partial charge in [0, 0.05) is 24.1 Å². The molecule has 3 aromatic rings. The van der Waals surface area contributed by atoms with Crippen molar-refractivity contribution in [2.24, 2.45) is 5.92 Å². The van der Waals surface area contributed by atoms with Gasteiger partial charge in [-0.2, -0.15) is 0 Å². The van der Waals surface area contributed by atoms with Gasteiger partial charge in [0.1, 0.15) is 5.82 Å². The molecule has 0 unspecified atom stereocenters. The Morgan fingerprint density at radius 1 is 1.03 bits per heavy atom. The fraction of sp³-hybridized carbons (Fsp3) is 0.346. The van der Waals surface area contributed by atoms with Crippen LogP contribution in [0, 0.1) is 5.92 Å². The van der Waals surface area contributed by atoms with Gasteiger partial charge in [-0.15, -0.1) is 0 Å². The Hall–Kier alpha value is -3.45. The van der Waals surface area contributed by atoms with Gasteiger partial charge >= 0.3 is 0 Å². The number of nitrogens with one attached hydrogen (secondary N) is 2. The van der Waals surface area contributed by atoms with Crippen LogP contribution < -0.4 is 10.8 Å². The molecular weight excluding hydrogens is 416 g/mol. The topological polar surface area (TPSA) is 96.3 Å². The number of nitrogens with zero attached hydrogens (tertiary/aromatic N) is 2. The summed E-state index contributed by atoms with van der Waals surface area (Å²) in [5, 5.41) is 11.9. The molecule has 1 heterocycles. The summed E-state index contributed by atoms with van der Waals surface area (Å²) in [4.78, 5) is 29.7. The highest BCUT2D eigenvalue weighted by atomic mass is 16.5. The van der Waals surface area contributed by atoms with Crippen molar-refractivity contribution in [1.29, 1.82) is 0 Å². The maximum Gasteiger partial charge on any atom is 0.251 e. The molecule has 33 heavy (non-hydrogen) atoms. The van der Waals surface area contributed by atoms with Gasteiger partial charge < -0.3 is 9.88 Å². The third-order valence-electron chi connectivity index (χ3n) is 6.91. The molecule has 0 radical (unpaired) electrons. The summed E-state index contributed by atoms with van der Waals surface area (Å²) in [7, 11) is 0. The Morgan fingerprint density at radius 2 is 1.79 bits per heavy atom. The van der Waals surface area contributed by atoms with Crippen molar-refractivity contribution < 1.29 is 14.8 Å². The fourth-order valence-corrected chi connectivity index (χ4v) is 4.78. The van der Waals surface area contributed by atoms with Crippen LogP contribution in [-0.2, 0) is 11.3 Å². The molecule has 7 heteroatoms. The standard InChI is InChI=1S/C26H28N4O3/c31-25(28-21-9-2-1-8-20(21)26(32)29-33)19-14-12-17(13-15-19)16-30-23-11-4-3-10-22(23)27-24(30)18-6-5-7-18/h1-4,10-15,18,20-21,33H,5-9,16H2,(H,28,31)(H,29,32)/t20-,21+/m0/s1. The lowest BCUT2D eigenvalue weighted by molar-refractivity contribution is -0.134. The van der Waals surface area contributed by atoms with Crippen LogP contribution in [0.3, 0.4) is 0 Å². The molecule has 2 amide bonds. The normalized spacial score (nSPS) is 20.4. The van der Waals surface area contributed by atoms with Gasteiger partial charge in [0.05, 0.1) is 17.0 Å². The zero-order chi connectivity index (χ0) is 22.8. The molecule has 0 aliphatic heterocycles. The SMILES string of the molecule is O=C(N[C@@H]1CC=CC[C@@H]1C(=O)NO)c1ccc(Cn2c(C3CCC3)nc3ccccc32)cc1. The van der Waals surface area contributed by atoms with Crippen LogP contribution in [0.15, 0.2) is 60.7 Å². The van der Waals surface area contributed by atoms with E-state index in [1.54, 1.807) is 5.48 Å². The number of aromatic nitrogens is 2. The quantitative estimate of drug-likeness (QED) is 0.305. The number of imidazole rings is 1. The van der Waals surface area contributed by atoms with E-state index in [0.717, 1.165) is 22.4 Å². The lowest BCUT2D eigenvalue weighted by Gasteiger charge is -2.27. The monoisotopic (exact) mass is 444 g/mol. The van der Waals surface area contributed by atoms with E-state index in [-0.39, 0.29) is 11.9 Å². The number of hydroxylamine groups is 1. The van der Waals surface area contributed by atoms with Crippen molar-refractivity contribution in [3.05, 3.63) is 77.6 Å². The van der Waals surface area contributed by atoms with Crippen molar-refractivity contribution in [2.45, 2.75) is 50.6 Å². The molecule has 170 valence electrons. The second-order valence-corrected chi connectivity index (χ2v) is 8.97. The molecule has 7 nitrogen and oxygen atoms in total. The van der Waals surface area contributed by atoms with Crippen LogP contribution in [0.2, 0.25) is 0 Å². The number of hydrogen-bond acceptors (Lipinski definition) is 4. The Morgan fingerprint density at radius 3 is 2.52 bits per heavy atom. The molecule has 0 spiro atoms. The van der Waals surface area contributed by atoms with Crippen LogP contribution in [0.5, 0.6) is 0 Å². The van der Waals surface area contributed by atoms with Gasteiger partial charge in [0.2, 0.25) is 5.91 Å². The maximum absolute atomic E-state index is 12.8. The Bertz CT molecular complexity index is 1190. The van der Waals surface area contributed by atoms with E-state index in [9.17, 15) is 9.59 Å². The second-order valence-electron chi connectivity index (χ2n) is 8.97. The second kappa shape index (κ2) is 9.19. The van der Waals surface area contributed by atoms with Crippen molar-refractivity contribution in [3.63, 3.8) is 0 Å². The molecular formula is C26H28N4O3. The third kappa shape index (κ3) is 4.28. The van der Waals surface area contributed by atoms with Gasteiger partial charge in [0.25, 0.3) is 5.91 Å². The van der Waals surface area contributed by atoms with Gasteiger partial charge in [-0.25, -0.2) is 10.5 Å². The summed E-state index contributed by atoms with van der Waals surface area (Å²) in [6.07, 6.45) is 8.52. The number of hydrogen-bond donors (Lipinski definition) is 3. The number of carbonyl (C=O) groups is 2. The van der Waals surface area contributed by atoms with E-state index in [2.05, 4.69) is 22.0 Å². The summed E-state index contributed by atoms with van der Waals surface area (Å²) in [6, 6.07) is 15.5. The van der Waals surface area contributed by atoms with Crippen molar-refractivity contribution in [3.8, 4) is 0 Å². The predicted molar refractivity (Wildman–Crippen MR) is 125 cm³/mol. The highest BCUT2D eigenvalue weighted by molar-refractivity contribution is 5.95. The summed E-state index contributed by atoms with van der Waals surface area (Å²) in [5.41, 5.74) is 5.53. The molecule has 2 atom stereocenters. The van der Waals surface area contributed by atoms with Crippen LogP contribution in [-0.4, -0.2) is 32.6 Å². The van der Waals surface area contributed by atoms with Gasteiger partial charge in [-0.05, 0) is 55.5 Å². The largest absolute Gasteiger partial charge is 0.348 e. The molecule has 2 aliphatic rings. The van der Waals surface area contributed by atoms with Gasteiger partial charge in [-0.3, -0.25) is 14.8 Å². The molecule has 3 N–H and O–H groups in total. The lowest BCUT2D eigenvalue weighted by atomic mass is 9.85. The highest BCUT2D eigenvalue weighted by Crippen LogP contribution is 2.37. The first-order valence-corrected chi connectivity index (χ1v) is 11.6. The van der Waals surface area contributed by atoms with Crippen molar-refractivity contribution in [2.75, 3.05) is 0 Å². The summed E-state index contributed by atoms with van der Waals surface area (Å²) in [5.74, 6) is 0.497. The number of fused-ring (bicyclic) bond motifs is 1. The molecule has 0 bridgehead atoms. The first-order valence-electron chi connectivity index (χ1n) is 11.6. The predicted octanol–water partition coefficient (Wildman–Crippen LogP) is 3.92. The number of benzene rings is 2. The smallest absolute Gasteiger partial charge is 0.251 e. The minimum Gasteiger partial charge on any atom is -0.348 e. The molecule has 1 aromatic heterocycles. The first-order chi connectivity index (χ1) is 16.1. The molecule has 5 rings (SSSR count). The van der Waals surface area contributed by atoms with E-state index < -0.39 is 11.8 Å². The minimum atomic E-state index is -0.484. The van der Waals surface area contributed by atoms with Crippen molar-refractivity contribution >= 4 is 22.8 Å². The number of amides is 2. The average Bonchev–Trinajstić information content (AvgIpc) is 3.16. The van der Waals surface area contributed by atoms with E-state index in [0.29, 0.717) is 30.9 Å². The Balaban J connectivity index is 1.32. The summed E-state index contributed by atoms with van der Waals surface area (Å²) >= 11 is 0.